The van der Waals surface area contributed by atoms with Crippen LogP contribution in [-0.2, 0) is 19.0 Å². The van der Waals surface area contributed by atoms with Crippen molar-refractivity contribution in [3.05, 3.63) is 11.6 Å². The third kappa shape index (κ3) is 2.78. The molecule has 3 fully saturated rings. The predicted octanol–water partition coefficient (Wildman–Crippen LogP) is 2.75. The van der Waals surface area contributed by atoms with Crippen LogP contribution in [0.2, 0.25) is 0 Å². The van der Waals surface area contributed by atoms with Gasteiger partial charge in [0.15, 0.2) is 12.0 Å². The molecule has 0 radical (unpaired) electrons. The number of allylic oxidation sites excluding steroid dienone is 1. The van der Waals surface area contributed by atoms with E-state index in [1.807, 2.05) is 0 Å². The van der Waals surface area contributed by atoms with E-state index in [0.717, 1.165) is 13.0 Å². The number of alkyl halides is 4. The Morgan fingerprint density at radius 1 is 1.46 bits per heavy atom. The summed E-state index contributed by atoms with van der Waals surface area (Å²) in [6.07, 6.45) is -6.43. The third-order valence-electron chi connectivity index (χ3n) is 5.43. The number of carbonyl (C=O) groups is 1. The van der Waals surface area contributed by atoms with Crippen molar-refractivity contribution in [2.24, 2.45) is 5.92 Å². The predicted molar refractivity (Wildman–Crippen MR) is 75.2 cm³/mol. The standard InChI is InChI=1S/C16H20F4O4/c1-8(16(18,19)20)4-5-10-14(2,24-10)13-12(22-3)11(21)9(17)6-15(13)7-23-15/h4,9-10,12-13H,5-7H2,1-3H3/b8-4+/t9-,10+,12+,13+,14+,15-/m0/s1. The Hall–Kier alpha value is -0.990. The molecule has 0 aromatic heterocycles. The van der Waals surface area contributed by atoms with Gasteiger partial charge in [0.1, 0.15) is 17.3 Å². The Kier molecular flexibility index (Phi) is 4.09. The number of halogens is 4. The van der Waals surface area contributed by atoms with Crippen LogP contribution in [0.4, 0.5) is 17.6 Å². The van der Waals surface area contributed by atoms with E-state index in [4.69, 9.17) is 14.2 Å². The van der Waals surface area contributed by atoms with Crippen molar-refractivity contribution in [2.45, 2.75) is 62.4 Å². The molecule has 1 spiro atoms. The van der Waals surface area contributed by atoms with Crippen molar-refractivity contribution in [1.82, 2.24) is 0 Å². The van der Waals surface area contributed by atoms with Crippen molar-refractivity contribution in [3.8, 4) is 0 Å². The number of ketones is 1. The van der Waals surface area contributed by atoms with Gasteiger partial charge in [-0.1, -0.05) is 6.08 Å². The Labute approximate surface area is 137 Å². The number of Topliss-reactive ketones (excluding diaryl/α,β-unsaturated/α-hetero) is 1. The molecule has 0 aromatic rings. The molecule has 1 aliphatic carbocycles. The molecule has 6 atom stereocenters. The largest absolute Gasteiger partial charge is 0.412 e. The summed E-state index contributed by atoms with van der Waals surface area (Å²) >= 11 is 0. The number of epoxide rings is 2. The monoisotopic (exact) mass is 352 g/mol. The first kappa shape index (κ1) is 17.8. The highest BCUT2D eigenvalue weighted by atomic mass is 19.4. The number of rotatable bonds is 4. The van der Waals surface area contributed by atoms with Crippen LogP contribution in [0.25, 0.3) is 0 Å². The Bertz CT molecular complexity index is 569. The Balaban J connectivity index is 1.77. The lowest BCUT2D eigenvalue weighted by molar-refractivity contribution is -0.150. The average Bonchev–Trinajstić information content (AvgIpc) is 3.38. The highest BCUT2D eigenvalue weighted by molar-refractivity contribution is 5.89. The molecule has 0 amide bonds. The first-order valence-corrected chi connectivity index (χ1v) is 7.81. The summed E-state index contributed by atoms with van der Waals surface area (Å²) in [6.45, 7) is 3.02. The molecule has 0 bridgehead atoms. The molecule has 1 saturated carbocycles. The molecular formula is C16H20F4O4. The first-order chi connectivity index (χ1) is 11.0. The zero-order chi connectivity index (χ0) is 17.9. The summed E-state index contributed by atoms with van der Waals surface area (Å²) in [5, 5.41) is 0. The van der Waals surface area contributed by atoms with Crippen molar-refractivity contribution in [3.63, 3.8) is 0 Å². The normalized spacial score (nSPS) is 45.6. The molecule has 2 heterocycles. The van der Waals surface area contributed by atoms with E-state index in [1.165, 1.54) is 7.11 Å². The van der Waals surface area contributed by atoms with Gasteiger partial charge in [-0.05, 0) is 20.3 Å². The van der Waals surface area contributed by atoms with Crippen LogP contribution in [0, 0.1) is 5.92 Å². The van der Waals surface area contributed by atoms with E-state index in [2.05, 4.69) is 0 Å². The fraction of sp³-hybridized carbons (Fsp3) is 0.812. The maximum absolute atomic E-state index is 13.9. The molecule has 24 heavy (non-hydrogen) atoms. The van der Waals surface area contributed by atoms with Crippen LogP contribution in [0.1, 0.15) is 26.7 Å². The molecule has 3 rings (SSSR count). The van der Waals surface area contributed by atoms with Gasteiger partial charge in [-0.2, -0.15) is 13.2 Å². The van der Waals surface area contributed by atoms with Gasteiger partial charge in [-0.15, -0.1) is 0 Å². The van der Waals surface area contributed by atoms with Crippen LogP contribution < -0.4 is 0 Å². The molecule has 136 valence electrons. The number of hydrogen-bond donors (Lipinski definition) is 0. The SMILES string of the molecule is CO[C@@H]1C(=O)[C@@H](F)C[C@]2(CO2)[C@H]1[C@]1(C)O[C@@H]1C/C=C(\C)C(F)(F)F. The van der Waals surface area contributed by atoms with Crippen LogP contribution in [0.15, 0.2) is 11.6 Å². The highest BCUT2D eigenvalue weighted by Gasteiger charge is 2.73. The summed E-state index contributed by atoms with van der Waals surface area (Å²) in [7, 11) is 1.32. The second-order valence-electron chi connectivity index (χ2n) is 6.97. The lowest BCUT2D eigenvalue weighted by Crippen LogP contribution is -2.56. The molecule has 0 N–H and O–H groups in total. The summed E-state index contributed by atoms with van der Waals surface area (Å²) in [4.78, 5) is 12.1. The minimum absolute atomic E-state index is 0.0561. The van der Waals surface area contributed by atoms with E-state index in [0.29, 0.717) is 6.61 Å². The molecule has 3 aliphatic rings. The van der Waals surface area contributed by atoms with Crippen LogP contribution >= 0.6 is 0 Å². The summed E-state index contributed by atoms with van der Waals surface area (Å²) in [5.74, 6) is -1.18. The van der Waals surface area contributed by atoms with Gasteiger partial charge in [0, 0.05) is 19.1 Å². The Morgan fingerprint density at radius 2 is 2.08 bits per heavy atom. The van der Waals surface area contributed by atoms with Crippen LogP contribution in [0.3, 0.4) is 0 Å². The molecule has 8 heteroatoms. The van der Waals surface area contributed by atoms with Crippen molar-refractivity contribution < 1.29 is 36.6 Å². The molecule has 0 aromatic carbocycles. The Morgan fingerprint density at radius 3 is 2.58 bits per heavy atom. The first-order valence-electron chi connectivity index (χ1n) is 7.81. The van der Waals surface area contributed by atoms with Gasteiger partial charge in [0.2, 0.25) is 0 Å². The fourth-order valence-electron chi connectivity index (χ4n) is 3.84. The quantitative estimate of drug-likeness (QED) is 0.444. The van der Waals surface area contributed by atoms with Gasteiger partial charge < -0.3 is 14.2 Å². The average molecular weight is 352 g/mol. The maximum atomic E-state index is 13.9. The van der Waals surface area contributed by atoms with E-state index in [1.54, 1.807) is 6.92 Å². The zero-order valence-corrected chi connectivity index (χ0v) is 13.7. The lowest BCUT2D eigenvalue weighted by atomic mass is 9.68. The smallest absolute Gasteiger partial charge is 0.373 e. The van der Waals surface area contributed by atoms with Gasteiger partial charge in [0.05, 0.1) is 18.6 Å². The molecular weight excluding hydrogens is 332 g/mol. The van der Waals surface area contributed by atoms with E-state index in [-0.39, 0.29) is 12.8 Å². The topological polar surface area (TPSA) is 51.4 Å². The number of ether oxygens (including phenoxy) is 3. The van der Waals surface area contributed by atoms with Crippen LogP contribution in [-0.4, -0.2) is 55.3 Å². The van der Waals surface area contributed by atoms with Gasteiger partial charge in [-0.3, -0.25) is 4.79 Å². The van der Waals surface area contributed by atoms with Crippen LogP contribution in [0.5, 0.6) is 0 Å². The summed E-state index contributed by atoms with van der Waals surface area (Å²) < 4.78 is 68.0. The van der Waals surface area contributed by atoms with Crippen molar-refractivity contribution in [1.29, 1.82) is 0 Å². The minimum Gasteiger partial charge on any atom is -0.373 e. The summed E-state index contributed by atoms with van der Waals surface area (Å²) in [6, 6.07) is 0. The van der Waals surface area contributed by atoms with Gasteiger partial charge >= 0.3 is 6.18 Å². The highest BCUT2D eigenvalue weighted by Crippen LogP contribution is 2.59. The fourth-order valence-corrected chi connectivity index (χ4v) is 3.84. The second-order valence-corrected chi connectivity index (χ2v) is 6.97. The molecule has 2 aliphatic heterocycles. The maximum Gasteiger partial charge on any atom is 0.412 e. The van der Waals surface area contributed by atoms with Gasteiger partial charge in [-0.25, -0.2) is 4.39 Å². The second kappa shape index (κ2) is 5.51. The molecule has 4 nitrogen and oxygen atoms in total. The number of hydrogen-bond acceptors (Lipinski definition) is 4. The van der Waals surface area contributed by atoms with E-state index < -0.39 is 53.0 Å². The van der Waals surface area contributed by atoms with Crippen molar-refractivity contribution >= 4 is 5.78 Å². The number of methoxy groups -OCH3 is 1. The van der Waals surface area contributed by atoms with E-state index >= 15 is 0 Å². The zero-order valence-electron chi connectivity index (χ0n) is 13.7. The van der Waals surface area contributed by atoms with E-state index in [9.17, 15) is 22.4 Å². The van der Waals surface area contributed by atoms with Crippen molar-refractivity contribution in [2.75, 3.05) is 13.7 Å². The lowest BCUT2D eigenvalue weighted by Gasteiger charge is -2.38. The third-order valence-corrected chi connectivity index (χ3v) is 5.43. The number of carbonyl (C=O) groups excluding carboxylic acids is 1. The van der Waals surface area contributed by atoms with Gasteiger partial charge in [0.25, 0.3) is 0 Å². The molecule has 2 saturated heterocycles. The molecule has 0 unspecified atom stereocenters. The minimum atomic E-state index is -4.37. The summed E-state index contributed by atoms with van der Waals surface area (Å²) in [5.41, 5.74) is -2.38.